The number of nitrogens with zero attached hydrogens (tertiary/aromatic N) is 1. The molecular formula is C13H16BrNO. The Morgan fingerprint density at radius 2 is 2.25 bits per heavy atom. The van der Waals surface area contributed by atoms with Crippen molar-refractivity contribution in [1.82, 2.24) is 4.98 Å². The van der Waals surface area contributed by atoms with Gasteiger partial charge in [-0.05, 0) is 60.2 Å². The third kappa shape index (κ3) is 3.08. The highest BCUT2D eigenvalue weighted by Gasteiger charge is 2.05. The molecule has 0 N–H and O–H groups in total. The van der Waals surface area contributed by atoms with E-state index in [4.69, 9.17) is 4.74 Å². The van der Waals surface area contributed by atoms with Crippen molar-refractivity contribution < 1.29 is 4.74 Å². The Balaban J connectivity index is 1.94. The minimum atomic E-state index is 0.689. The standard InChI is InChI=1S/C13H16BrNO/c1-10-12(14)7-8-13(15-10)16-9-11-5-3-2-4-6-11/h5,7-8H,2-4,6,9H2,1H3. The molecule has 0 radical (unpaired) electrons. The topological polar surface area (TPSA) is 22.1 Å². The molecule has 0 fully saturated rings. The molecule has 0 saturated heterocycles. The second-order valence-electron chi connectivity index (χ2n) is 4.11. The van der Waals surface area contributed by atoms with E-state index in [2.05, 4.69) is 27.0 Å². The number of halogens is 1. The Morgan fingerprint density at radius 1 is 1.38 bits per heavy atom. The highest BCUT2D eigenvalue weighted by molar-refractivity contribution is 9.10. The molecule has 0 amide bonds. The lowest BCUT2D eigenvalue weighted by atomic mass is 10.0. The molecule has 16 heavy (non-hydrogen) atoms. The van der Waals surface area contributed by atoms with Crippen LogP contribution in [0.4, 0.5) is 0 Å². The van der Waals surface area contributed by atoms with Crippen LogP contribution < -0.4 is 4.74 Å². The van der Waals surface area contributed by atoms with Gasteiger partial charge in [0, 0.05) is 10.5 Å². The maximum absolute atomic E-state index is 5.68. The van der Waals surface area contributed by atoms with Gasteiger partial charge in [-0.15, -0.1) is 0 Å². The Kier molecular flexibility index (Phi) is 3.99. The molecule has 2 nitrogen and oxygen atoms in total. The van der Waals surface area contributed by atoms with Gasteiger partial charge >= 0.3 is 0 Å². The normalized spacial score (nSPS) is 15.8. The van der Waals surface area contributed by atoms with Gasteiger partial charge in [0.15, 0.2) is 0 Å². The summed E-state index contributed by atoms with van der Waals surface area (Å²) < 4.78 is 6.71. The van der Waals surface area contributed by atoms with E-state index in [-0.39, 0.29) is 0 Å². The van der Waals surface area contributed by atoms with Gasteiger partial charge in [0.25, 0.3) is 0 Å². The van der Waals surface area contributed by atoms with Crippen LogP contribution >= 0.6 is 15.9 Å². The van der Waals surface area contributed by atoms with Gasteiger partial charge in [-0.1, -0.05) is 6.08 Å². The fraction of sp³-hybridized carbons (Fsp3) is 0.462. The van der Waals surface area contributed by atoms with Gasteiger partial charge in [-0.25, -0.2) is 4.98 Å². The molecule has 1 heterocycles. The second kappa shape index (κ2) is 5.48. The minimum Gasteiger partial charge on any atom is -0.473 e. The fourth-order valence-corrected chi connectivity index (χ4v) is 2.02. The van der Waals surface area contributed by atoms with Crippen LogP contribution in [0.15, 0.2) is 28.3 Å². The Bertz CT molecular complexity index is 401. The first-order valence-corrected chi connectivity index (χ1v) is 6.49. The van der Waals surface area contributed by atoms with E-state index in [0.717, 1.165) is 10.2 Å². The number of pyridine rings is 1. The van der Waals surface area contributed by atoms with Crippen LogP contribution in [0.3, 0.4) is 0 Å². The zero-order valence-corrected chi connectivity index (χ0v) is 11.1. The third-order valence-corrected chi connectivity index (χ3v) is 3.62. The SMILES string of the molecule is Cc1nc(OCC2=CCCCC2)ccc1Br. The molecule has 0 aliphatic heterocycles. The maximum atomic E-state index is 5.68. The van der Waals surface area contributed by atoms with Crippen LogP contribution in [0.25, 0.3) is 0 Å². The second-order valence-corrected chi connectivity index (χ2v) is 4.97. The van der Waals surface area contributed by atoms with Gasteiger partial charge in [0.05, 0.1) is 5.69 Å². The molecule has 0 bridgehead atoms. The van der Waals surface area contributed by atoms with Gasteiger partial charge in [0.1, 0.15) is 6.61 Å². The Hall–Kier alpha value is -0.830. The van der Waals surface area contributed by atoms with Crippen LogP contribution in [0.5, 0.6) is 5.88 Å². The zero-order chi connectivity index (χ0) is 11.4. The highest BCUT2D eigenvalue weighted by Crippen LogP contribution is 2.20. The van der Waals surface area contributed by atoms with E-state index in [1.165, 1.54) is 31.3 Å². The molecule has 1 aromatic heterocycles. The summed E-state index contributed by atoms with van der Waals surface area (Å²) in [6.45, 7) is 2.66. The van der Waals surface area contributed by atoms with Crippen molar-refractivity contribution in [3.8, 4) is 5.88 Å². The predicted octanol–water partition coefficient (Wildman–Crippen LogP) is 4.03. The first-order valence-electron chi connectivity index (χ1n) is 5.69. The molecule has 1 aromatic rings. The summed E-state index contributed by atoms with van der Waals surface area (Å²) in [6, 6.07) is 3.88. The summed E-state index contributed by atoms with van der Waals surface area (Å²) in [5.41, 5.74) is 2.38. The van der Waals surface area contributed by atoms with Crippen molar-refractivity contribution in [2.75, 3.05) is 6.61 Å². The molecule has 1 aliphatic rings. The van der Waals surface area contributed by atoms with Crippen molar-refractivity contribution in [1.29, 1.82) is 0 Å². The quantitative estimate of drug-likeness (QED) is 0.781. The summed E-state index contributed by atoms with van der Waals surface area (Å²) in [6.07, 6.45) is 7.29. The largest absolute Gasteiger partial charge is 0.473 e. The highest BCUT2D eigenvalue weighted by atomic mass is 79.9. The van der Waals surface area contributed by atoms with Crippen LogP contribution in [0.1, 0.15) is 31.4 Å². The van der Waals surface area contributed by atoms with Gasteiger partial charge in [-0.3, -0.25) is 0 Å². The smallest absolute Gasteiger partial charge is 0.213 e. The van der Waals surface area contributed by atoms with Gasteiger partial charge < -0.3 is 4.74 Å². The lowest BCUT2D eigenvalue weighted by Crippen LogP contribution is -2.05. The first kappa shape index (κ1) is 11.6. The molecule has 1 aliphatic carbocycles. The van der Waals surface area contributed by atoms with E-state index in [1.54, 1.807) is 0 Å². The average molecular weight is 282 g/mol. The molecule has 0 saturated carbocycles. The molecule has 0 unspecified atom stereocenters. The van der Waals surface area contributed by atoms with E-state index >= 15 is 0 Å². The summed E-state index contributed by atoms with van der Waals surface area (Å²) >= 11 is 3.43. The summed E-state index contributed by atoms with van der Waals surface area (Å²) in [5, 5.41) is 0. The number of aryl methyl sites for hydroxylation is 1. The molecule has 3 heteroatoms. The van der Waals surface area contributed by atoms with Crippen LogP contribution in [0, 0.1) is 6.92 Å². The molecule has 86 valence electrons. The van der Waals surface area contributed by atoms with Gasteiger partial charge in [-0.2, -0.15) is 0 Å². The monoisotopic (exact) mass is 281 g/mol. The number of ether oxygens (including phenoxy) is 1. The predicted molar refractivity (Wildman–Crippen MR) is 68.7 cm³/mol. The van der Waals surface area contributed by atoms with E-state index in [9.17, 15) is 0 Å². The summed E-state index contributed by atoms with van der Waals surface area (Å²) in [4.78, 5) is 4.36. The number of hydrogen-bond acceptors (Lipinski definition) is 2. The summed E-state index contributed by atoms with van der Waals surface area (Å²) in [5.74, 6) is 0.715. The minimum absolute atomic E-state index is 0.689. The number of hydrogen-bond donors (Lipinski definition) is 0. The molecule has 2 rings (SSSR count). The molecular weight excluding hydrogens is 266 g/mol. The zero-order valence-electron chi connectivity index (χ0n) is 9.50. The fourth-order valence-electron chi connectivity index (χ4n) is 1.80. The Morgan fingerprint density at radius 3 is 2.94 bits per heavy atom. The van der Waals surface area contributed by atoms with Crippen LogP contribution in [-0.4, -0.2) is 11.6 Å². The Labute approximate surface area is 105 Å². The van der Waals surface area contributed by atoms with Crippen molar-refractivity contribution >= 4 is 15.9 Å². The van der Waals surface area contributed by atoms with Crippen molar-refractivity contribution in [3.05, 3.63) is 33.9 Å². The van der Waals surface area contributed by atoms with E-state index in [0.29, 0.717) is 12.5 Å². The first-order chi connectivity index (χ1) is 7.75. The van der Waals surface area contributed by atoms with Crippen molar-refractivity contribution in [3.63, 3.8) is 0 Å². The third-order valence-electron chi connectivity index (χ3n) is 2.79. The lowest BCUT2D eigenvalue weighted by molar-refractivity contribution is 0.329. The van der Waals surface area contributed by atoms with E-state index in [1.807, 2.05) is 19.1 Å². The van der Waals surface area contributed by atoms with Gasteiger partial charge in [0.2, 0.25) is 5.88 Å². The van der Waals surface area contributed by atoms with Crippen molar-refractivity contribution in [2.24, 2.45) is 0 Å². The van der Waals surface area contributed by atoms with Crippen LogP contribution in [0.2, 0.25) is 0 Å². The number of allylic oxidation sites excluding steroid dienone is 1. The molecule has 0 atom stereocenters. The maximum Gasteiger partial charge on any atom is 0.213 e. The van der Waals surface area contributed by atoms with Crippen molar-refractivity contribution in [2.45, 2.75) is 32.6 Å². The van der Waals surface area contributed by atoms with E-state index < -0.39 is 0 Å². The molecule has 0 aromatic carbocycles. The molecule has 0 spiro atoms. The number of aromatic nitrogens is 1. The summed E-state index contributed by atoms with van der Waals surface area (Å²) in [7, 11) is 0. The number of rotatable bonds is 3. The lowest BCUT2D eigenvalue weighted by Gasteiger charge is -2.13. The van der Waals surface area contributed by atoms with Crippen LogP contribution in [-0.2, 0) is 0 Å². The average Bonchev–Trinajstić information content (AvgIpc) is 2.32.